The van der Waals surface area contributed by atoms with Crippen molar-refractivity contribution in [3.05, 3.63) is 17.8 Å². The monoisotopic (exact) mass is 373 g/mol. The lowest BCUT2D eigenvalue weighted by atomic mass is 10.2. The molecule has 1 saturated heterocycles. The number of aliphatic carboxylic acids is 1. The summed E-state index contributed by atoms with van der Waals surface area (Å²) in [6, 6.07) is 3.56. The number of nitrogens with one attached hydrogen (secondary N) is 1. The van der Waals surface area contributed by atoms with Crippen LogP contribution < -0.4 is 15.1 Å². The van der Waals surface area contributed by atoms with Crippen LogP contribution in [0.4, 0.5) is 19.0 Å². The van der Waals surface area contributed by atoms with E-state index in [0.717, 1.165) is 32.0 Å². The van der Waals surface area contributed by atoms with Gasteiger partial charge in [-0.2, -0.15) is 18.3 Å². The Hall–Kier alpha value is -2.89. The Morgan fingerprint density at radius 3 is 2.23 bits per heavy atom. The number of carbonyl (C=O) groups is 2. The summed E-state index contributed by atoms with van der Waals surface area (Å²) in [4.78, 5) is 28.5. The highest BCUT2D eigenvalue weighted by atomic mass is 19.4. The Morgan fingerprint density at radius 1 is 1.15 bits per heavy atom. The Balaban J connectivity index is 0.000000298. The first kappa shape index (κ1) is 19.4. The van der Waals surface area contributed by atoms with Gasteiger partial charge in [0.25, 0.3) is 0 Å². The zero-order chi connectivity index (χ0) is 19.5. The number of rotatable bonds is 2. The molecule has 142 valence electrons. The number of likely N-dealkylation sites (N-methyl/N-ethyl adjacent to an activating group) is 1. The van der Waals surface area contributed by atoms with Crippen LogP contribution in [0.3, 0.4) is 0 Å². The molecule has 0 unspecified atom stereocenters. The number of carboxylic acids is 2. The van der Waals surface area contributed by atoms with E-state index in [1.807, 2.05) is 6.07 Å². The predicted octanol–water partition coefficient (Wildman–Crippen LogP) is -1.63. The summed E-state index contributed by atoms with van der Waals surface area (Å²) in [5, 5.41) is 26.5. The summed E-state index contributed by atoms with van der Waals surface area (Å²) in [7, 11) is 2.09. The van der Waals surface area contributed by atoms with E-state index < -0.39 is 18.1 Å². The van der Waals surface area contributed by atoms with E-state index in [0.29, 0.717) is 11.0 Å². The summed E-state index contributed by atoms with van der Waals surface area (Å²) < 4.78 is 31.5. The second kappa shape index (κ2) is 7.56. The molecular weight excluding hydrogens is 359 g/mol. The van der Waals surface area contributed by atoms with Gasteiger partial charge in [-0.3, -0.25) is 5.10 Å². The van der Waals surface area contributed by atoms with Crippen LogP contribution in [0.15, 0.2) is 12.1 Å². The van der Waals surface area contributed by atoms with Crippen molar-refractivity contribution in [2.24, 2.45) is 0 Å². The second-order valence-corrected chi connectivity index (χ2v) is 5.50. The van der Waals surface area contributed by atoms with E-state index in [1.165, 1.54) is 0 Å². The maximum atomic E-state index is 10.9. The molecule has 1 fully saturated rings. The van der Waals surface area contributed by atoms with Crippen LogP contribution >= 0.6 is 0 Å². The van der Waals surface area contributed by atoms with E-state index in [4.69, 9.17) is 9.90 Å². The number of aromatic carboxylic acids is 1. The van der Waals surface area contributed by atoms with Gasteiger partial charge >= 0.3 is 6.18 Å². The zero-order valence-corrected chi connectivity index (χ0v) is 13.5. The molecule has 2 aromatic rings. The van der Waals surface area contributed by atoms with Crippen molar-refractivity contribution in [3.63, 3.8) is 0 Å². The Kier molecular flexibility index (Phi) is 5.65. The van der Waals surface area contributed by atoms with Crippen molar-refractivity contribution < 1.29 is 33.0 Å². The van der Waals surface area contributed by atoms with E-state index in [9.17, 15) is 23.1 Å². The number of piperazine rings is 1. The lowest BCUT2D eigenvalue weighted by molar-refractivity contribution is -0.344. The molecule has 0 saturated carbocycles. The fourth-order valence-electron chi connectivity index (χ4n) is 2.26. The van der Waals surface area contributed by atoms with Gasteiger partial charge in [-0.15, -0.1) is 0 Å². The maximum absolute atomic E-state index is 10.9. The number of H-pyrrole nitrogens is 1. The highest BCUT2D eigenvalue weighted by molar-refractivity contribution is 5.99. The molecule has 9 nitrogen and oxygen atoms in total. The van der Waals surface area contributed by atoms with Crippen LogP contribution in [0, 0.1) is 0 Å². The number of carbonyl (C=O) groups excluding carboxylic acids is 2. The molecule has 1 aliphatic rings. The summed E-state index contributed by atoms with van der Waals surface area (Å²) >= 11 is 0. The lowest BCUT2D eigenvalue weighted by Gasteiger charge is -2.33. The standard InChI is InChI=1S/C12H15N5O2.C2HF3O2/c1-16-4-6-17(7-5-16)9-3-2-8-10(12(18)19)14-15-11(8)13-9;3-2(4,5)1(6)7/h2-3H,4-7H2,1H3,(H,18,19)(H,13,14,15);(H,6,7)/p-2. The number of alkyl halides is 3. The highest BCUT2D eigenvalue weighted by Crippen LogP contribution is 2.19. The fourth-order valence-corrected chi connectivity index (χ4v) is 2.26. The molecule has 12 heteroatoms. The number of halogens is 3. The van der Waals surface area contributed by atoms with Crippen LogP contribution in [0.25, 0.3) is 11.0 Å². The van der Waals surface area contributed by atoms with Crippen LogP contribution in [0.1, 0.15) is 10.5 Å². The number of anilines is 1. The third-order valence-electron chi connectivity index (χ3n) is 3.67. The molecule has 0 aromatic carbocycles. The number of nitrogens with zero attached hydrogens (tertiary/aromatic N) is 4. The molecule has 0 spiro atoms. The maximum Gasteiger partial charge on any atom is 0.430 e. The molecule has 0 bridgehead atoms. The van der Waals surface area contributed by atoms with Crippen molar-refractivity contribution in [3.8, 4) is 0 Å². The fraction of sp³-hybridized carbons (Fsp3) is 0.429. The van der Waals surface area contributed by atoms with Crippen LogP contribution in [-0.2, 0) is 4.79 Å². The first-order valence-electron chi connectivity index (χ1n) is 7.37. The Bertz CT molecular complexity index is 799. The second-order valence-electron chi connectivity index (χ2n) is 5.50. The zero-order valence-electron chi connectivity index (χ0n) is 13.5. The number of carboxylic acid groups (broad SMARTS) is 2. The number of hydrogen-bond donors (Lipinski definition) is 1. The Labute approximate surface area is 145 Å². The summed E-state index contributed by atoms with van der Waals surface area (Å²) in [6.45, 7) is 3.80. The smallest absolute Gasteiger partial charge is 0.430 e. The molecule has 3 rings (SSSR count). The molecule has 0 amide bonds. The number of aromatic nitrogens is 3. The minimum absolute atomic E-state index is 0.0209. The van der Waals surface area contributed by atoms with Gasteiger partial charge in [0.2, 0.25) is 0 Å². The first-order chi connectivity index (χ1) is 12.1. The molecule has 1 aliphatic heterocycles. The quantitative estimate of drug-likeness (QED) is 0.665. The van der Waals surface area contributed by atoms with Gasteiger partial charge in [0.05, 0.1) is 11.7 Å². The van der Waals surface area contributed by atoms with Crippen molar-refractivity contribution in [1.82, 2.24) is 20.1 Å². The van der Waals surface area contributed by atoms with E-state index in [2.05, 4.69) is 32.0 Å². The molecular formula is C14H14F3N5O4-2. The Morgan fingerprint density at radius 2 is 1.73 bits per heavy atom. The number of fused-ring (bicyclic) bond motifs is 1. The average molecular weight is 373 g/mol. The van der Waals surface area contributed by atoms with Gasteiger partial charge < -0.3 is 29.6 Å². The van der Waals surface area contributed by atoms with E-state index in [1.54, 1.807) is 6.07 Å². The summed E-state index contributed by atoms with van der Waals surface area (Å²) in [5.41, 5.74) is 0.392. The predicted molar refractivity (Wildman–Crippen MR) is 79.0 cm³/mol. The highest BCUT2D eigenvalue weighted by Gasteiger charge is 2.28. The lowest BCUT2D eigenvalue weighted by Crippen LogP contribution is -2.44. The van der Waals surface area contributed by atoms with Crippen LogP contribution in [0.2, 0.25) is 0 Å². The topological polar surface area (TPSA) is 128 Å². The molecule has 0 aliphatic carbocycles. The molecule has 26 heavy (non-hydrogen) atoms. The molecule has 1 N–H and O–H groups in total. The van der Waals surface area contributed by atoms with Gasteiger partial charge in [-0.25, -0.2) is 4.98 Å². The minimum atomic E-state index is -5.19. The van der Waals surface area contributed by atoms with E-state index >= 15 is 0 Å². The molecule has 2 aromatic heterocycles. The van der Waals surface area contributed by atoms with Gasteiger partial charge in [0.1, 0.15) is 11.8 Å². The number of pyridine rings is 1. The summed E-state index contributed by atoms with van der Waals surface area (Å²) in [5.74, 6) is -3.44. The molecule has 3 heterocycles. The van der Waals surface area contributed by atoms with Gasteiger partial charge in [0, 0.05) is 31.6 Å². The van der Waals surface area contributed by atoms with Gasteiger partial charge in [-0.05, 0) is 19.2 Å². The van der Waals surface area contributed by atoms with Crippen molar-refractivity contribution in [1.29, 1.82) is 0 Å². The van der Waals surface area contributed by atoms with Gasteiger partial charge in [-0.1, -0.05) is 0 Å². The summed E-state index contributed by atoms with van der Waals surface area (Å²) in [6.07, 6.45) is -5.19. The third-order valence-corrected chi connectivity index (χ3v) is 3.67. The SMILES string of the molecule is CN1CCN(c2ccc3c(C(=O)[O-])[nH]nc3n2)CC1.O=C([O-])C(F)(F)F. The first-order valence-corrected chi connectivity index (χ1v) is 7.37. The molecule has 0 radical (unpaired) electrons. The minimum Gasteiger partial charge on any atom is -0.543 e. The van der Waals surface area contributed by atoms with Crippen molar-refractivity contribution >= 4 is 28.8 Å². The number of hydrogen-bond acceptors (Lipinski definition) is 8. The van der Waals surface area contributed by atoms with Crippen molar-refractivity contribution in [2.45, 2.75) is 6.18 Å². The third kappa shape index (κ3) is 4.59. The van der Waals surface area contributed by atoms with E-state index in [-0.39, 0.29) is 5.69 Å². The average Bonchev–Trinajstić information content (AvgIpc) is 2.98. The normalized spacial score (nSPS) is 15.5. The number of aromatic amines is 1. The van der Waals surface area contributed by atoms with Gasteiger partial charge in [0.15, 0.2) is 5.65 Å². The van der Waals surface area contributed by atoms with Crippen LogP contribution in [-0.4, -0.2) is 71.4 Å². The molecule has 0 atom stereocenters. The van der Waals surface area contributed by atoms with Crippen molar-refractivity contribution in [2.75, 3.05) is 38.1 Å². The van der Waals surface area contributed by atoms with Crippen LogP contribution in [0.5, 0.6) is 0 Å². The largest absolute Gasteiger partial charge is 0.543 e.